The van der Waals surface area contributed by atoms with Gasteiger partial charge in [0.05, 0.1) is 0 Å². The van der Waals surface area contributed by atoms with Crippen molar-refractivity contribution in [1.29, 1.82) is 0 Å². The Hall–Kier alpha value is -1.84. The topological polar surface area (TPSA) is 55.4 Å². The number of rotatable bonds is 3. The Kier molecular flexibility index (Phi) is 4.23. The predicted octanol–water partition coefficient (Wildman–Crippen LogP) is 3.06. The fourth-order valence-electron chi connectivity index (χ4n) is 3.51. The highest BCUT2D eigenvalue weighted by atomic mass is 16.5. The summed E-state index contributed by atoms with van der Waals surface area (Å²) in [4.78, 5) is 23.6. The first-order valence-electron chi connectivity index (χ1n) is 7.72. The number of amides is 1. The standard InChI is InChI=1S/C17H21NO3/c19-16-9-7-13-10-14(16)6-8-15(13)18-17(20)21-11-12-4-2-1-3-5-12/h1-5,13-15H,6-11H2,(H,18,20)/t13-,14-,15?/m1/s1. The van der Waals surface area contributed by atoms with Crippen LogP contribution in [0.1, 0.15) is 37.7 Å². The summed E-state index contributed by atoms with van der Waals surface area (Å²) in [5, 5.41) is 2.99. The van der Waals surface area contributed by atoms with Gasteiger partial charge < -0.3 is 10.1 Å². The Morgan fingerprint density at radius 1 is 1.19 bits per heavy atom. The molecule has 0 radical (unpaired) electrons. The summed E-state index contributed by atoms with van der Waals surface area (Å²) >= 11 is 0. The molecule has 2 aliphatic rings. The maximum Gasteiger partial charge on any atom is 0.407 e. The SMILES string of the molecule is O=C(NC1CC[C@@H]2C[C@H]1CCC2=O)OCc1ccccc1. The molecular formula is C17H21NO3. The highest BCUT2D eigenvalue weighted by Gasteiger charge is 2.38. The average Bonchev–Trinajstić information content (AvgIpc) is 2.52. The van der Waals surface area contributed by atoms with Gasteiger partial charge >= 0.3 is 6.09 Å². The molecule has 21 heavy (non-hydrogen) atoms. The lowest BCUT2D eigenvalue weighted by molar-refractivity contribution is -0.127. The highest BCUT2D eigenvalue weighted by molar-refractivity contribution is 5.82. The van der Waals surface area contributed by atoms with Crippen molar-refractivity contribution >= 4 is 11.9 Å². The number of carbonyl (C=O) groups is 2. The maximum atomic E-state index is 11.9. The second-order valence-corrected chi connectivity index (χ2v) is 6.09. The Morgan fingerprint density at radius 2 is 2.00 bits per heavy atom. The van der Waals surface area contributed by atoms with Crippen molar-refractivity contribution in [2.75, 3.05) is 0 Å². The fourth-order valence-corrected chi connectivity index (χ4v) is 3.51. The summed E-state index contributed by atoms with van der Waals surface area (Å²) in [5.74, 6) is 1.09. The maximum absolute atomic E-state index is 11.9. The van der Waals surface area contributed by atoms with E-state index in [0.717, 1.165) is 31.2 Å². The molecule has 2 bridgehead atoms. The van der Waals surface area contributed by atoms with Crippen molar-refractivity contribution in [2.45, 2.75) is 44.8 Å². The zero-order valence-corrected chi connectivity index (χ0v) is 12.1. The van der Waals surface area contributed by atoms with E-state index in [1.54, 1.807) is 0 Å². The van der Waals surface area contributed by atoms with Crippen LogP contribution in [0.3, 0.4) is 0 Å². The normalized spacial score (nSPS) is 28.0. The van der Waals surface area contributed by atoms with Gasteiger partial charge in [0.1, 0.15) is 12.4 Å². The number of ketones is 1. The van der Waals surface area contributed by atoms with Crippen LogP contribution in [0.5, 0.6) is 0 Å². The molecule has 0 aliphatic heterocycles. The number of benzene rings is 1. The van der Waals surface area contributed by atoms with Gasteiger partial charge in [0.15, 0.2) is 0 Å². The molecule has 1 unspecified atom stereocenters. The van der Waals surface area contributed by atoms with Crippen molar-refractivity contribution in [3.05, 3.63) is 35.9 Å². The number of alkyl carbamates (subject to hydrolysis) is 1. The van der Waals surface area contributed by atoms with Crippen molar-refractivity contribution in [1.82, 2.24) is 5.32 Å². The van der Waals surface area contributed by atoms with Gasteiger partial charge in [-0.25, -0.2) is 4.79 Å². The Morgan fingerprint density at radius 3 is 2.81 bits per heavy atom. The van der Waals surface area contributed by atoms with Crippen molar-refractivity contribution in [3.63, 3.8) is 0 Å². The zero-order chi connectivity index (χ0) is 14.7. The predicted molar refractivity (Wildman–Crippen MR) is 78.6 cm³/mol. The molecule has 112 valence electrons. The number of ether oxygens (including phenoxy) is 1. The van der Waals surface area contributed by atoms with Gasteiger partial charge in [-0.3, -0.25) is 4.79 Å². The number of hydrogen-bond donors (Lipinski definition) is 1. The van der Waals surface area contributed by atoms with Crippen LogP contribution < -0.4 is 5.32 Å². The summed E-state index contributed by atoms with van der Waals surface area (Å²) < 4.78 is 5.27. The lowest BCUT2D eigenvalue weighted by Crippen LogP contribution is -2.47. The minimum absolute atomic E-state index is 0.164. The summed E-state index contributed by atoms with van der Waals surface area (Å²) in [7, 11) is 0. The van der Waals surface area contributed by atoms with Crippen LogP contribution >= 0.6 is 0 Å². The molecule has 0 heterocycles. The van der Waals surface area contributed by atoms with E-state index in [9.17, 15) is 9.59 Å². The smallest absolute Gasteiger partial charge is 0.407 e. The second-order valence-electron chi connectivity index (χ2n) is 6.09. The molecule has 1 N–H and O–H groups in total. The minimum Gasteiger partial charge on any atom is -0.445 e. The molecular weight excluding hydrogens is 266 g/mol. The molecule has 3 rings (SSSR count). The van der Waals surface area contributed by atoms with E-state index in [0.29, 0.717) is 24.7 Å². The Labute approximate surface area is 124 Å². The van der Waals surface area contributed by atoms with Crippen LogP contribution in [0.4, 0.5) is 4.79 Å². The molecule has 1 amide bonds. The van der Waals surface area contributed by atoms with Gasteiger partial charge in [0.2, 0.25) is 0 Å². The summed E-state index contributed by atoms with van der Waals surface area (Å²) in [5.41, 5.74) is 0.986. The fraction of sp³-hybridized carbons (Fsp3) is 0.529. The third-order valence-electron chi connectivity index (χ3n) is 4.72. The van der Waals surface area contributed by atoms with E-state index in [4.69, 9.17) is 4.74 Å². The number of nitrogens with one attached hydrogen (secondary N) is 1. The largest absolute Gasteiger partial charge is 0.445 e. The molecule has 0 saturated heterocycles. The highest BCUT2D eigenvalue weighted by Crippen LogP contribution is 2.38. The molecule has 2 saturated carbocycles. The third kappa shape index (κ3) is 3.43. The third-order valence-corrected chi connectivity index (χ3v) is 4.72. The minimum atomic E-state index is -0.348. The number of carbonyl (C=O) groups excluding carboxylic acids is 2. The van der Waals surface area contributed by atoms with Crippen molar-refractivity contribution < 1.29 is 14.3 Å². The summed E-state index contributed by atoms with van der Waals surface area (Å²) in [6.45, 7) is 0.297. The van der Waals surface area contributed by atoms with E-state index >= 15 is 0 Å². The van der Waals surface area contributed by atoms with Crippen molar-refractivity contribution in [3.8, 4) is 0 Å². The first-order valence-corrected chi connectivity index (χ1v) is 7.72. The quantitative estimate of drug-likeness (QED) is 0.929. The monoisotopic (exact) mass is 287 g/mol. The van der Waals surface area contributed by atoms with Crippen LogP contribution in [0.2, 0.25) is 0 Å². The van der Waals surface area contributed by atoms with E-state index in [2.05, 4.69) is 5.32 Å². The number of fused-ring (bicyclic) bond motifs is 2. The Balaban J connectivity index is 1.48. The van der Waals surface area contributed by atoms with Gasteiger partial charge in [-0.15, -0.1) is 0 Å². The van der Waals surface area contributed by atoms with Gasteiger partial charge in [0.25, 0.3) is 0 Å². The molecule has 1 aromatic carbocycles. The molecule has 4 heteroatoms. The van der Waals surface area contributed by atoms with Crippen LogP contribution in [-0.4, -0.2) is 17.9 Å². The summed E-state index contributed by atoms with van der Waals surface area (Å²) in [6, 6.07) is 9.83. The van der Waals surface area contributed by atoms with Crippen LogP contribution in [0.25, 0.3) is 0 Å². The molecule has 0 aromatic heterocycles. The van der Waals surface area contributed by atoms with Crippen LogP contribution in [-0.2, 0) is 16.1 Å². The summed E-state index contributed by atoms with van der Waals surface area (Å²) in [6.07, 6.45) is 3.95. The first-order chi connectivity index (χ1) is 10.2. The van der Waals surface area contributed by atoms with E-state index < -0.39 is 0 Å². The molecule has 1 aromatic rings. The van der Waals surface area contributed by atoms with E-state index in [1.807, 2.05) is 30.3 Å². The molecule has 3 atom stereocenters. The first kappa shape index (κ1) is 14.1. The van der Waals surface area contributed by atoms with Gasteiger partial charge in [-0.1, -0.05) is 30.3 Å². The lowest BCUT2D eigenvalue weighted by Gasteiger charge is -2.39. The Bertz CT molecular complexity index is 514. The van der Waals surface area contributed by atoms with Crippen LogP contribution in [0, 0.1) is 11.8 Å². The van der Waals surface area contributed by atoms with Gasteiger partial charge in [-0.2, -0.15) is 0 Å². The van der Waals surface area contributed by atoms with Crippen LogP contribution in [0.15, 0.2) is 30.3 Å². The second kappa shape index (κ2) is 6.29. The number of hydrogen-bond acceptors (Lipinski definition) is 3. The van der Waals surface area contributed by atoms with E-state index in [-0.39, 0.29) is 18.1 Å². The van der Waals surface area contributed by atoms with E-state index in [1.165, 1.54) is 0 Å². The van der Waals surface area contributed by atoms with Crippen molar-refractivity contribution in [2.24, 2.45) is 11.8 Å². The lowest BCUT2D eigenvalue weighted by atomic mass is 9.69. The van der Waals surface area contributed by atoms with Gasteiger partial charge in [0, 0.05) is 18.4 Å². The zero-order valence-electron chi connectivity index (χ0n) is 12.1. The average molecular weight is 287 g/mol. The number of Topliss-reactive ketones (excluding diaryl/α,β-unsaturated/α-hetero) is 1. The van der Waals surface area contributed by atoms with Gasteiger partial charge in [-0.05, 0) is 37.2 Å². The molecule has 2 aliphatic carbocycles. The molecule has 4 nitrogen and oxygen atoms in total. The molecule has 2 fully saturated rings. The molecule has 0 spiro atoms.